The number of hydrogen-bond donors (Lipinski definition) is 2. The van der Waals surface area contributed by atoms with Gasteiger partial charge in [0.2, 0.25) is 5.82 Å². The molecule has 0 radical (unpaired) electrons. The molecule has 1 aromatic carbocycles. The second kappa shape index (κ2) is 7.18. The van der Waals surface area contributed by atoms with Gasteiger partial charge >= 0.3 is 0 Å². The zero-order chi connectivity index (χ0) is 19.7. The summed E-state index contributed by atoms with van der Waals surface area (Å²) in [6.07, 6.45) is 7.53. The summed E-state index contributed by atoms with van der Waals surface area (Å²) in [5, 5.41) is 0. The summed E-state index contributed by atoms with van der Waals surface area (Å²) < 4.78 is 19.9. The van der Waals surface area contributed by atoms with Crippen LogP contribution in [-0.4, -0.2) is 25.8 Å². The Morgan fingerprint density at radius 3 is 2.39 bits per heavy atom. The molecule has 0 atom stereocenters. The Morgan fingerprint density at radius 1 is 1.04 bits per heavy atom. The highest BCUT2D eigenvalue weighted by molar-refractivity contribution is 5.88. The number of amides is 1. The van der Waals surface area contributed by atoms with E-state index in [0.717, 1.165) is 24.1 Å². The van der Waals surface area contributed by atoms with Crippen LogP contribution in [0.15, 0.2) is 43.0 Å². The predicted molar refractivity (Wildman–Crippen MR) is 98.2 cm³/mol. The Balaban J connectivity index is 1.41. The van der Waals surface area contributed by atoms with Gasteiger partial charge in [0.15, 0.2) is 17.3 Å². The first-order chi connectivity index (χ1) is 13.5. The van der Waals surface area contributed by atoms with Gasteiger partial charge in [0.1, 0.15) is 5.82 Å². The van der Waals surface area contributed by atoms with Crippen LogP contribution in [-0.2, 0) is 0 Å². The minimum atomic E-state index is -0.745. The third-order valence-electron chi connectivity index (χ3n) is 4.75. The fourth-order valence-electron chi connectivity index (χ4n) is 3.17. The van der Waals surface area contributed by atoms with Gasteiger partial charge in [-0.3, -0.25) is 9.78 Å². The van der Waals surface area contributed by atoms with Crippen molar-refractivity contribution in [2.75, 3.05) is 5.73 Å². The van der Waals surface area contributed by atoms with E-state index in [2.05, 4.69) is 19.9 Å². The molecular weight excluding hydrogens is 363 g/mol. The zero-order valence-corrected chi connectivity index (χ0v) is 14.7. The molecule has 0 aliphatic heterocycles. The number of rotatable bonds is 5. The lowest BCUT2D eigenvalue weighted by atomic mass is 9.70. The summed E-state index contributed by atoms with van der Waals surface area (Å²) in [7, 11) is 0. The van der Waals surface area contributed by atoms with Crippen LogP contribution in [0.5, 0.6) is 11.5 Å². The minimum absolute atomic E-state index is 0.0550. The molecule has 4 N–H and O–H groups in total. The molecule has 1 aliphatic carbocycles. The Hall–Kier alpha value is -3.62. The average molecular weight is 380 g/mol. The van der Waals surface area contributed by atoms with Gasteiger partial charge < -0.3 is 16.2 Å². The summed E-state index contributed by atoms with van der Waals surface area (Å²) in [6.45, 7) is 0. The summed E-state index contributed by atoms with van der Waals surface area (Å²) in [6, 6.07) is 4.89. The van der Waals surface area contributed by atoms with Crippen LogP contribution in [0.1, 0.15) is 46.6 Å². The second-order valence-electron chi connectivity index (χ2n) is 6.63. The normalized spacial score (nSPS) is 18.3. The first-order valence-electron chi connectivity index (χ1n) is 8.66. The standard InChI is InChI=1S/C19H17FN6O2/c20-14-5-10(11-3-12(4-11)15-8-24-17(21)9-23-15)1-2-16(14)28-13-6-25-19(18(22)27)26-7-13/h1-2,5-9,11-12H,3-4H2,(H2,21,24)(H2,22,27). The Bertz CT molecular complexity index is 1000. The number of anilines is 1. The van der Waals surface area contributed by atoms with Crippen LogP contribution in [0.25, 0.3) is 0 Å². The molecule has 0 unspecified atom stereocenters. The summed E-state index contributed by atoms with van der Waals surface area (Å²) >= 11 is 0. The molecule has 3 aromatic rings. The molecule has 4 rings (SSSR count). The van der Waals surface area contributed by atoms with E-state index in [1.54, 1.807) is 18.5 Å². The van der Waals surface area contributed by atoms with E-state index < -0.39 is 11.7 Å². The van der Waals surface area contributed by atoms with Crippen LogP contribution in [0.3, 0.4) is 0 Å². The van der Waals surface area contributed by atoms with Crippen molar-refractivity contribution in [3.8, 4) is 11.5 Å². The van der Waals surface area contributed by atoms with Crippen molar-refractivity contribution < 1.29 is 13.9 Å². The lowest BCUT2D eigenvalue weighted by Gasteiger charge is -2.35. The molecule has 0 spiro atoms. The van der Waals surface area contributed by atoms with Crippen molar-refractivity contribution in [1.82, 2.24) is 19.9 Å². The van der Waals surface area contributed by atoms with E-state index >= 15 is 0 Å². The van der Waals surface area contributed by atoms with Crippen molar-refractivity contribution in [2.45, 2.75) is 24.7 Å². The first-order valence-corrected chi connectivity index (χ1v) is 8.66. The second-order valence-corrected chi connectivity index (χ2v) is 6.63. The van der Waals surface area contributed by atoms with E-state index in [0.29, 0.717) is 11.7 Å². The van der Waals surface area contributed by atoms with Crippen molar-refractivity contribution in [3.05, 3.63) is 65.9 Å². The molecule has 0 saturated heterocycles. The minimum Gasteiger partial charge on any atom is -0.451 e. The van der Waals surface area contributed by atoms with Crippen LogP contribution in [0.4, 0.5) is 10.2 Å². The molecule has 142 valence electrons. The number of ether oxygens (including phenoxy) is 1. The smallest absolute Gasteiger partial charge is 0.286 e. The number of benzene rings is 1. The molecule has 9 heteroatoms. The van der Waals surface area contributed by atoms with Gasteiger partial charge in [-0.25, -0.2) is 19.3 Å². The van der Waals surface area contributed by atoms with Crippen molar-refractivity contribution in [2.24, 2.45) is 5.73 Å². The number of carbonyl (C=O) groups is 1. The SMILES string of the molecule is NC(=O)c1ncc(Oc2ccc(C3CC(c4cnc(N)cn4)C3)cc2F)cn1. The molecule has 2 aromatic heterocycles. The topological polar surface area (TPSA) is 130 Å². The van der Waals surface area contributed by atoms with Gasteiger partial charge in [0.25, 0.3) is 5.91 Å². The highest BCUT2D eigenvalue weighted by Gasteiger charge is 2.33. The highest BCUT2D eigenvalue weighted by Crippen LogP contribution is 2.47. The van der Waals surface area contributed by atoms with Crippen LogP contribution in [0, 0.1) is 5.82 Å². The fraction of sp³-hybridized carbons (Fsp3) is 0.211. The molecule has 1 amide bonds. The van der Waals surface area contributed by atoms with E-state index in [4.69, 9.17) is 16.2 Å². The van der Waals surface area contributed by atoms with E-state index in [-0.39, 0.29) is 23.2 Å². The van der Waals surface area contributed by atoms with Crippen molar-refractivity contribution >= 4 is 11.7 Å². The third-order valence-corrected chi connectivity index (χ3v) is 4.75. The fourth-order valence-corrected chi connectivity index (χ4v) is 3.17. The summed E-state index contributed by atoms with van der Waals surface area (Å²) in [5.41, 5.74) is 12.5. The van der Waals surface area contributed by atoms with Gasteiger partial charge in [0, 0.05) is 5.92 Å². The highest BCUT2D eigenvalue weighted by atomic mass is 19.1. The number of halogens is 1. The molecule has 8 nitrogen and oxygen atoms in total. The van der Waals surface area contributed by atoms with Gasteiger partial charge in [-0.15, -0.1) is 0 Å². The van der Waals surface area contributed by atoms with Gasteiger partial charge in [-0.1, -0.05) is 6.07 Å². The zero-order valence-electron chi connectivity index (χ0n) is 14.7. The Kier molecular flexibility index (Phi) is 4.56. The number of nitrogen functional groups attached to an aromatic ring is 1. The number of nitrogens with two attached hydrogens (primary N) is 2. The quantitative estimate of drug-likeness (QED) is 0.695. The predicted octanol–water partition coefficient (Wildman–Crippen LogP) is 2.54. The lowest BCUT2D eigenvalue weighted by molar-refractivity contribution is 0.0990. The maximum atomic E-state index is 14.5. The van der Waals surface area contributed by atoms with Crippen LogP contribution < -0.4 is 16.2 Å². The van der Waals surface area contributed by atoms with Gasteiger partial charge in [0.05, 0.1) is 30.5 Å². The maximum absolute atomic E-state index is 14.5. The van der Waals surface area contributed by atoms with Crippen molar-refractivity contribution in [3.63, 3.8) is 0 Å². The molecule has 2 heterocycles. The molecule has 1 saturated carbocycles. The maximum Gasteiger partial charge on any atom is 0.286 e. The lowest BCUT2D eigenvalue weighted by Crippen LogP contribution is -2.21. The first kappa shape index (κ1) is 17.8. The molecule has 28 heavy (non-hydrogen) atoms. The van der Waals surface area contributed by atoms with E-state index in [9.17, 15) is 9.18 Å². The number of aromatic nitrogens is 4. The Morgan fingerprint density at radius 2 is 1.79 bits per heavy atom. The Labute approximate surface area is 159 Å². The molecular formula is C19H17FN6O2. The largest absolute Gasteiger partial charge is 0.451 e. The average Bonchev–Trinajstić information content (AvgIpc) is 2.64. The van der Waals surface area contributed by atoms with Gasteiger partial charge in [-0.05, 0) is 36.5 Å². The molecule has 1 fully saturated rings. The summed E-state index contributed by atoms with van der Waals surface area (Å²) in [4.78, 5) is 26.9. The number of nitrogens with zero attached hydrogens (tertiary/aromatic N) is 4. The monoisotopic (exact) mass is 380 g/mol. The van der Waals surface area contributed by atoms with Crippen molar-refractivity contribution in [1.29, 1.82) is 0 Å². The van der Waals surface area contributed by atoms with E-state index in [1.807, 2.05) is 6.07 Å². The molecule has 0 bridgehead atoms. The van der Waals surface area contributed by atoms with Gasteiger partial charge in [-0.2, -0.15) is 0 Å². The van der Waals surface area contributed by atoms with E-state index in [1.165, 1.54) is 18.5 Å². The molecule has 1 aliphatic rings. The number of primary amides is 1. The third kappa shape index (κ3) is 3.59. The summed E-state index contributed by atoms with van der Waals surface area (Å²) in [5.74, 6) is -0.135. The van der Waals surface area contributed by atoms with Crippen LogP contribution >= 0.6 is 0 Å². The van der Waals surface area contributed by atoms with Crippen LogP contribution in [0.2, 0.25) is 0 Å². The number of hydrogen-bond acceptors (Lipinski definition) is 7. The number of carbonyl (C=O) groups excluding carboxylic acids is 1.